The second-order valence-electron chi connectivity index (χ2n) is 5.29. The molecule has 1 N–H and O–H groups in total. The summed E-state index contributed by atoms with van der Waals surface area (Å²) in [7, 11) is 1.59. The molecule has 0 aliphatic carbocycles. The maximum atomic E-state index is 11.4. The first kappa shape index (κ1) is 19.4. The summed E-state index contributed by atoms with van der Waals surface area (Å²) in [6.45, 7) is 0. The molecule has 0 fully saturated rings. The summed E-state index contributed by atoms with van der Waals surface area (Å²) < 4.78 is 5.16. The van der Waals surface area contributed by atoms with Crippen LogP contribution in [0.25, 0.3) is 0 Å². The monoisotopic (exact) mass is 400 g/mol. The first-order chi connectivity index (χ1) is 11.5. The van der Waals surface area contributed by atoms with Gasteiger partial charge in [0.15, 0.2) is 0 Å². The molecule has 0 amide bonds. The minimum atomic E-state index is -1.04. The number of rotatable bonds is 4. The van der Waals surface area contributed by atoms with Crippen LogP contribution < -0.4 is 9.75 Å². The summed E-state index contributed by atoms with van der Waals surface area (Å²) in [5.41, 5.74) is 1.61. The van der Waals surface area contributed by atoms with Gasteiger partial charge in [0, 0.05) is 11.4 Å². The summed E-state index contributed by atoms with van der Waals surface area (Å²) in [6, 6.07) is 12.2. The fraction of sp³-hybridized carbons (Fsp3) is 0.176. The number of aliphatic carboxylic acids is 1. The Labute approximate surface area is 161 Å². The predicted molar refractivity (Wildman–Crippen MR) is 102 cm³/mol. The third kappa shape index (κ3) is 4.00. The normalized spacial score (nSPS) is 16.2. The molecule has 25 heavy (non-hydrogen) atoms. The van der Waals surface area contributed by atoms with Crippen molar-refractivity contribution in [2.24, 2.45) is 5.10 Å². The first-order valence-electron chi connectivity index (χ1n) is 7.18. The highest BCUT2D eigenvalue weighted by atomic mass is 35.5. The summed E-state index contributed by atoms with van der Waals surface area (Å²) >= 11 is 12.2. The number of carboxylic acids is 1. The Hall–Kier alpha value is -1.95. The molecule has 0 spiro atoms. The average molecular weight is 402 g/mol. The fourth-order valence-electron chi connectivity index (χ4n) is 2.61. The van der Waals surface area contributed by atoms with E-state index in [2.05, 4.69) is 5.10 Å². The van der Waals surface area contributed by atoms with Gasteiger partial charge in [0.1, 0.15) is 11.5 Å². The van der Waals surface area contributed by atoms with E-state index in [1.165, 1.54) is 0 Å². The predicted octanol–water partition coefficient (Wildman–Crippen LogP) is 4.82. The Kier molecular flexibility index (Phi) is 6.16. The molecule has 132 valence electrons. The highest BCUT2D eigenvalue weighted by Gasteiger charge is 2.33. The van der Waals surface area contributed by atoms with Crippen LogP contribution in [0.3, 0.4) is 0 Å². The second kappa shape index (κ2) is 7.95. The molecule has 8 heteroatoms. The molecule has 2 aromatic carbocycles. The lowest BCUT2D eigenvalue weighted by Crippen LogP contribution is -2.19. The van der Waals surface area contributed by atoms with E-state index in [1.807, 2.05) is 24.3 Å². The Morgan fingerprint density at radius 2 is 1.92 bits per heavy atom. The fourth-order valence-corrected chi connectivity index (χ4v) is 3.11. The van der Waals surface area contributed by atoms with Crippen LogP contribution in [-0.2, 0) is 4.79 Å². The van der Waals surface area contributed by atoms with Gasteiger partial charge in [0.05, 0.1) is 23.9 Å². The van der Waals surface area contributed by atoms with E-state index < -0.39 is 5.97 Å². The van der Waals surface area contributed by atoms with E-state index >= 15 is 0 Å². The molecule has 1 atom stereocenters. The maximum Gasteiger partial charge on any atom is 0.352 e. The number of hydrogen-bond acceptors (Lipinski definition) is 4. The van der Waals surface area contributed by atoms with Crippen LogP contribution in [-0.4, -0.2) is 23.9 Å². The van der Waals surface area contributed by atoms with Crippen molar-refractivity contribution in [3.8, 4) is 5.75 Å². The summed E-state index contributed by atoms with van der Waals surface area (Å²) in [6.07, 6.45) is 0.278. The standard InChI is InChI=1S/C17H14Cl2N2O3.ClH/c1-24-12-5-2-10(3-6-12)16-9-14(17(22)23)20-21(16)15-7-4-11(18)8-13(15)19;/h2-8,16H,9H2,1H3,(H,22,23);1H. The molecule has 1 unspecified atom stereocenters. The molecule has 0 bridgehead atoms. The van der Waals surface area contributed by atoms with Gasteiger partial charge in [0.2, 0.25) is 0 Å². The van der Waals surface area contributed by atoms with Gasteiger partial charge in [-0.2, -0.15) is 5.10 Å². The second-order valence-corrected chi connectivity index (χ2v) is 6.13. The van der Waals surface area contributed by atoms with Crippen LogP contribution in [0.15, 0.2) is 47.6 Å². The van der Waals surface area contributed by atoms with Crippen LogP contribution in [0.4, 0.5) is 5.69 Å². The molecule has 1 aliphatic rings. The molecule has 3 rings (SSSR count). The summed E-state index contributed by atoms with van der Waals surface area (Å²) in [4.78, 5) is 11.4. The van der Waals surface area contributed by atoms with E-state index in [4.69, 9.17) is 27.9 Å². The van der Waals surface area contributed by atoms with Gasteiger partial charge < -0.3 is 9.84 Å². The molecule has 0 aromatic heterocycles. The molecule has 1 aliphatic heterocycles. The number of halogens is 3. The van der Waals surface area contributed by atoms with E-state index in [9.17, 15) is 9.90 Å². The third-order valence-corrected chi connectivity index (χ3v) is 4.35. The van der Waals surface area contributed by atoms with Crippen molar-refractivity contribution in [2.45, 2.75) is 12.5 Å². The van der Waals surface area contributed by atoms with Crippen molar-refractivity contribution >= 4 is 53.0 Å². The molecule has 0 saturated heterocycles. The van der Waals surface area contributed by atoms with Crippen molar-refractivity contribution in [3.63, 3.8) is 0 Å². The lowest BCUT2D eigenvalue weighted by atomic mass is 10.0. The van der Waals surface area contributed by atoms with Gasteiger partial charge in [-0.3, -0.25) is 5.01 Å². The van der Waals surface area contributed by atoms with E-state index in [0.29, 0.717) is 15.7 Å². The van der Waals surface area contributed by atoms with E-state index in [0.717, 1.165) is 11.3 Å². The lowest BCUT2D eigenvalue weighted by molar-refractivity contribution is -0.129. The maximum absolute atomic E-state index is 11.4. The molecular weight excluding hydrogens is 387 g/mol. The highest BCUT2D eigenvalue weighted by Crippen LogP contribution is 2.39. The Balaban J connectivity index is 0.00000225. The number of methoxy groups -OCH3 is 1. The zero-order valence-corrected chi connectivity index (χ0v) is 15.5. The smallest absolute Gasteiger partial charge is 0.352 e. The van der Waals surface area contributed by atoms with Crippen LogP contribution in [0.2, 0.25) is 10.0 Å². The highest BCUT2D eigenvalue weighted by molar-refractivity contribution is 6.38. The number of nitrogens with zero attached hydrogens (tertiary/aromatic N) is 2. The molecule has 5 nitrogen and oxygen atoms in total. The largest absolute Gasteiger partial charge is 0.497 e. The molecule has 0 saturated carbocycles. The third-order valence-electron chi connectivity index (χ3n) is 3.81. The molecule has 2 aromatic rings. The number of anilines is 1. The van der Waals surface area contributed by atoms with Crippen LogP contribution >= 0.6 is 35.6 Å². The number of hydrazone groups is 1. The van der Waals surface area contributed by atoms with E-state index in [-0.39, 0.29) is 30.6 Å². The lowest BCUT2D eigenvalue weighted by Gasteiger charge is -2.25. The van der Waals surface area contributed by atoms with Gasteiger partial charge in [-0.1, -0.05) is 35.3 Å². The van der Waals surface area contributed by atoms with Gasteiger partial charge in [0.25, 0.3) is 0 Å². The van der Waals surface area contributed by atoms with Crippen LogP contribution in [0, 0.1) is 0 Å². The minimum Gasteiger partial charge on any atom is -0.497 e. The summed E-state index contributed by atoms with van der Waals surface area (Å²) in [5.74, 6) is -0.312. The topological polar surface area (TPSA) is 62.1 Å². The van der Waals surface area contributed by atoms with Gasteiger partial charge in [-0.15, -0.1) is 12.4 Å². The van der Waals surface area contributed by atoms with Gasteiger partial charge >= 0.3 is 5.97 Å². The number of carbonyl (C=O) groups is 1. The SMILES string of the molecule is COc1ccc(C2CC(C(=O)O)=NN2c2ccc(Cl)cc2Cl)cc1.Cl. The Morgan fingerprint density at radius 1 is 1.24 bits per heavy atom. The quantitative estimate of drug-likeness (QED) is 0.798. The number of carboxylic acid groups (broad SMARTS) is 1. The number of ether oxygens (including phenoxy) is 1. The van der Waals surface area contributed by atoms with Crippen LogP contribution in [0.1, 0.15) is 18.0 Å². The van der Waals surface area contributed by atoms with Crippen molar-refractivity contribution in [1.29, 1.82) is 0 Å². The molecular formula is C17H15Cl3N2O3. The summed E-state index contributed by atoms with van der Waals surface area (Å²) in [5, 5.41) is 16.1. The van der Waals surface area contributed by atoms with Gasteiger partial charge in [-0.25, -0.2) is 4.79 Å². The first-order valence-corrected chi connectivity index (χ1v) is 7.94. The Morgan fingerprint density at radius 3 is 2.48 bits per heavy atom. The average Bonchev–Trinajstić information content (AvgIpc) is 3.00. The van der Waals surface area contributed by atoms with Gasteiger partial charge in [-0.05, 0) is 35.9 Å². The van der Waals surface area contributed by atoms with Crippen molar-refractivity contribution in [1.82, 2.24) is 0 Å². The van der Waals surface area contributed by atoms with Crippen molar-refractivity contribution in [2.75, 3.05) is 12.1 Å². The number of benzene rings is 2. The zero-order chi connectivity index (χ0) is 17.3. The Bertz CT molecular complexity index is 809. The number of hydrogen-bond donors (Lipinski definition) is 1. The van der Waals surface area contributed by atoms with Crippen molar-refractivity contribution < 1.29 is 14.6 Å². The van der Waals surface area contributed by atoms with E-state index in [1.54, 1.807) is 30.3 Å². The zero-order valence-electron chi connectivity index (χ0n) is 13.1. The molecule has 0 radical (unpaired) electrons. The van der Waals surface area contributed by atoms with Crippen LogP contribution in [0.5, 0.6) is 5.75 Å². The molecule has 1 heterocycles. The van der Waals surface area contributed by atoms with Crippen molar-refractivity contribution in [3.05, 3.63) is 58.1 Å². The minimum absolute atomic E-state index is 0.